The van der Waals surface area contributed by atoms with Crippen LogP contribution in [0.2, 0.25) is 0 Å². The fourth-order valence-corrected chi connectivity index (χ4v) is 2.86. The molecule has 3 rings (SSSR count). The van der Waals surface area contributed by atoms with Crippen molar-refractivity contribution in [3.05, 3.63) is 71.3 Å². The van der Waals surface area contributed by atoms with Crippen LogP contribution in [0.4, 0.5) is 0 Å². The average molecular weight is 294 g/mol. The van der Waals surface area contributed by atoms with Gasteiger partial charge in [-0.3, -0.25) is 0 Å². The maximum atomic E-state index is 10.6. The van der Waals surface area contributed by atoms with Crippen LogP contribution in [0.3, 0.4) is 0 Å². The molecule has 1 saturated carbocycles. The van der Waals surface area contributed by atoms with Crippen molar-refractivity contribution in [3.8, 4) is 0 Å². The number of aryl methyl sites for hydroxylation is 2. The molecular weight excluding hydrogens is 272 g/mol. The Kier molecular flexibility index (Phi) is 4.16. The van der Waals surface area contributed by atoms with E-state index in [1.165, 1.54) is 0 Å². The molecule has 0 aromatic carbocycles. The van der Waals surface area contributed by atoms with Gasteiger partial charge in [0.2, 0.25) is 11.4 Å². The first-order chi connectivity index (χ1) is 10.6. The Morgan fingerprint density at radius 2 is 1.32 bits per heavy atom. The number of hydrogen-bond donors (Lipinski definition) is 1. The molecule has 3 heteroatoms. The second-order valence-electron chi connectivity index (χ2n) is 5.81. The SMILES string of the molecule is C[n+]1ccccc1/C=C1\CC/C(=C\c2cccc[n+]2C)C1O. The third kappa shape index (κ3) is 3.00. The second-order valence-corrected chi connectivity index (χ2v) is 5.81. The highest BCUT2D eigenvalue weighted by atomic mass is 16.3. The van der Waals surface area contributed by atoms with Crippen LogP contribution in [0.5, 0.6) is 0 Å². The smallest absolute Gasteiger partial charge is 0.204 e. The molecule has 2 heterocycles. The Balaban J connectivity index is 1.88. The molecule has 112 valence electrons. The Morgan fingerprint density at radius 1 is 0.864 bits per heavy atom. The first-order valence-electron chi connectivity index (χ1n) is 7.63. The maximum absolute atomic E-state index is 10.6. The summed E-state index contributed by atoms with van der Waals surface area (Å²) in [4.78, 5) is 0. The Labute approximate surface area is 131 Å². The van der Waals surface area contributed by atoms with Crippen LogP contribution >= 0.6 is 0 Å². The Morgan fingerprint density at radius 3 is 1.73 bits per heavy atom. The van der Waals surface area contributed by atoms with Crippen molar-refractivity contribution < 1.29 is 14.2 Å². The van der Waals surface area contributed by atoms with E-state index >= 15 is 0 Å². The number of aliphatic hydroxyl groups excluding tert-OH is 1. The molecule has 22 heavy (non-hydrogen) atoms. The number of nitrogens with zero attached hydrogens (tertiary/aromatic N) is 2. The summed E-state index contributed by atoms with van der Waals surface area (Å²) >= 11 is 0. The van der Waals surface area contributed by atoms with Gasteiger partial charge in [0.25, 0.3) is 0 Å². The highest BCUT2D eigenvalue weighted by molar-refractivity contribution is 5.58. The lowest BCUT2D eigenvalue weighted by atomic mass is 10.1. The van der Waals surface area contributed by atoms with Gasteiger partial charge < -0.3 is 5.11 Å². The highest BCUT2D eigenvalue weighted by Crippen LogP contribution is 2.32. The number of pyridine rings is 2. The summed E-state index contributed by atoms with van der Waals surface area (Å²) in [5.74, 6) is 0. The number of aliphatic hydroxyl groups is 1. The van der Waals surface area contributed by atoms with Crippen LogP contribution in [0.25, 0.3) is 12.2 Å². The molecule has 1 aliphatic rings. The van der Waals surface area contributed by atoms with Gasteiger partial charge in [0, 0.05) is 36.4 Å². The van der Waals surface area contributed by atoms with Gasteiger partial charge in [-0.05, 0) is 36.1 Å². The summed E-state index contributed by atoms with van der Waals surface area (Å²) in [5, 5.41) is 10.6. The van der Waals surface area contributed by atoms with Crippen molar-refractivity contribution in [1.29, 1.82) is 0 Å². The fraction of sp³-hybridized carbons (Fsp3) is 0.263. The van der Waals surface area contributed by atoms with Crippen molar-refractivity contribution >= 4 is 12.2 Å². The minimum Gasteiger partial charge on any atom is -0.384 e. The molecule has 2 aromatic heterocycles. The van der Waals surface area contributed by atoms with E-state index in [0.717, 1.165) is 35.4 Å². The molecule has 2 aromatic rings. The van der Waals surface area contributed by atoms with E-state index in [-0.39, 0.29) is 0 Å². The van der Waals surface area contributed by atoms with E-state index in [1.807, 2.05) is 50.8 Å². The molecule has 0 atom stereocenters. The monoisotopic (exact) mass is 294 g/mol. The molecular formula is C19H22N2O+2. The zero-order chi connectivity index (χ0) is 15.5. The van der Waals surface area contributed by atoms with E-state index in [1.54, 1.807) is 0 Å². The summed E-state index contributed by atoms with van der Waals surface area (Å²) in [6, 6.07) is 12.2. The molecule has 1 fully saturated rings. The quantitative estimate of drug-likeness (QED) is 0.843. The number of rotatable bonds is 2. The van der Waals surface area contributed by atoms with Gasteiger partial charge >= 0.3 is 0 Å². The van der Waals surface area contributed by atoms with Crippen molar-refractivity contribution in [2.45, 2.75) is 18.9 Å². The first kappa shape index (κ1) is 14.7. The van der Waals surface area contributed by atoms with Crippen molar-refractivity contribution in [1.82, 2.24) is 0 Å². The van der Waals surface area contributed by atoms with Gasteiger partial charge in [-0.15, -0.1) is 0 Å². The predicted molar refractivity (Wildman–Crippen MR) is 86.4 cm³/mol. The molecule has 1 N–H and O–H groups in total. The average Bonchev–Trinajstić information content (AvgIpc) is 2.85. The minimum atomic E-state index is -0.472. The molecule has 0 bridgehead atoms. The van der Waals surface area contributed by atoms with Gasteiger partial charge in [-0.25, -0.2) is 9.13 Å². The van der Waals surface area contributed by atoms with Gasteiger partial charge in [0.1, 0.15) is 14.1 Å². The van der Waals surface area contributed by atoms with Crippen LogP contribution in [0.1, 0.15) is 24.2 Å². The second kappa shape index (κ2) is 6.24. The predicted octanol–water partition coefficient (Wildman–Crippen LogP) is 1.96. The van der Waals surface area contributed by atoms with Crippen LogP contribution in [0, 0.1) is 0 Å². The molecule has 3 nitrogen and oxygen atoms in total. The molecule has 0 spiro atoms. The highest BCUT2D eigenvalue weighted by Gasteiger charge is 2.25. The molecule has 0 amide bonds. The third-order valence-electron chi connectivity index (χ3n) is 4.26. The Hall–Kier alpha value is -2.26. The van der Waals surface area contributed by atoms with E-state index in [9.17, 15) is 5.11 Å². The molecule has 0 saturated heterocycles. The van der Waals surface area contributed by atoms with E-state index in [0.29, 0.717) is 0 Å². The normalized spacial score (nSPS) is 19.2. The molecule has 0 unspecified atom stereocenters. The minimum absolute atomic E-state index is 0.472. The third-order valence-corrected chi connectivity index (χ3v) is 4.26. The van der Waals surface area contributed by atoms with Gasteiger partial charge in [0.05, 0.1) is 6.10 Å². The lowest BCUT2D eigenvalue weighted by molar-refractivity contribution is -0.673. The fourth-order valence-electron chi connectivity index (χ4n) is 2.86. The van der Waals surface area contributed by atoms with Crippen molar-refractivity contribution in [2.75, 3.05) is 0 Å². The van der Waals surface area contributed by atoms with Gasteiger partial charge in [-0.1, -0.05) is 0 Å². The van der Waals surface area contributed by atoms with Crippen LogP contribution < -0.4 is 9.13 Å². The van der Waals surface area contributed by atoms with Gasteiger partial charge in [0.15, 0.2) is 12.4 Å². The van der Waals surface area contributed by atoms with E-state index in [2.05, 4.69) is 33.4 Å². The summed E-state index contributed by atoms with van der Waals surface area (Å²) in [6.07, 6.45) is 9.62. The summed E-state index contributed by atoms with van der Waals surface area (Å²) in [7, 11) is 4.04. The summed E-state index contributed by atoms with van der Waals surface area (Å²) in [6.45, 7) is 0. The van der Waals surface area contributed by atoms with Crippen molar-refractivity contribution in [3.63, 3.8) is 0 Å². The van der Waals surface area contributed by atoms with Gasteiger partial charge in [-0.2, -0.15) is 0 Å². The topological polar surface area (TPSA) is 28.0 Å². The standard InChI is InChI=1S/C19H22N2O/c1-20-11-5-3-7-17(20)13-15-9-10-16(19(15)22)14-18-8-4-6-12-21(18)2/h3-8,11-14,19,22H,9-10H2,1-2H3/q+2/b15-13+,16-14+. The lowest BCUT2D eigenvalue weighted by Gasteiger charge is -2.06. The zero-order valence-corrected chi connectivity index (χ0v) is 13.1. The molecule has 0 radical (unpaired) electrons. The largest absolute Gasteiger partial charge is 0.384 e. The molecule has 0 aliphatic heterocycles. The van der Waals surface area contributed by atoms with Crippen LogP contribution in [-0.4, -0.2) is 11.2 Å². The van der Waals surface area contributed by atoms with E-state index < -0.39 is 6.10 Å². The Bertz CT molecular complexity index is 683. The molecule has 1 aliphatic carbocycles. The van der Waals surface area contributed by atoms with Crippen LogP contribution in [0.15, 0.2) is 59.9 Å². The lowest BCUT2D eigenvalue weighted by Crippen LogP contribution is -2.31. The summed E-state index contributed by atoms with van der Waals surface area (Å²) < 4.78 is 4.14. The maximum Gasteiger partial charge on any atom is 0.204 e. The number of hydrogen-bond acceptors (Lipinski definition) is 1. The zero-order valence-electron chi connectivity index (χ0n) is 13.1. The first-order valence-corrected chi connectivity index (χ1v) is 7.63. The summed E-state index contributed by atoms with van der Waals surface area (Å²) in [5.41, 5.74) is 4.41. The number of aromatic nitrogens is 2. The van der Waals surface area contributed by atoms with Crippen molar-refractivity contribution in [2.24, 2.45) is 14.1 Å². The van der Waals surface area contributed by atoms with E-state index in [4.69, 9.17) is 0 Å². The van der Waals surface area contributed by atoms with Crippen LogP contribution in [-0.2, 0) is 14.1 Å².